The van der Waals surface area contributed by atoms with Crippen LogP contribution in [0.25, 0.3) is 0 Å². The van der Waals surface area contributed by atoms with Gasteiger partial charge in [0.25, 0.3) is 5.91 Å². The molecule has 2 rings (SSSR count). The van der Waals surface area contributed by atoms with Crippen molar-refractivity contribution in [3.63, 3.8) is 0 Å². The molecule has 1 aliphatic rings. The molecule has 1 aromatic rings. The van der Waals surface area contributed by atoms with Crippen molar-refractivity contribution in [1.82, 2.24) is 4.90 Å². The van der Waals surface area contributed by atoms with Gasteiger partial charge in [-0.25, -0.2) is 13.2 Å². The van der Waals surface area contributed by atoms with Gasteiger partial charge in [-0.15, -0.1) is 0 Å². The Labute approximate surface area is 134 Å². The van der Waals surface area contributed by atoms with Crippen LogP contribution >= 0.6 is 0 Å². The number of sulfone groups is 1. The number of rotatable bonds is 4. The summed E-state index contributed by atoms with van der Waals surface area (Å²) in [6, 6.07) is 4.10. The molecule has 1 heterocycles. The van der Waals surface area contributed by atoms with E-state index in [1.54, 1.807) is 13.0 Å². The van der Waals surface area contributed by atoms with Crippen LogP contribution in [-0.2, 0) is 19.4 Å². The molecule has 1 aliphatic heterocycles. The Bertz CT molecular complexity index is 727. The molecular formula is C15H19NO6S. The van der Waals surface area contributed by atoms with Crippen molar-refractivity contribution in [3.05, 3.63) is 29.3 Å². The highest BCUT2D eigenvalue weighted by Gasteiger charge is 2.33. The van der Waals surface area contributed by atoms with Crippen LogP contribution in [0.2, 0.25) is 0 Å². The number of aryl methyl sites for hydroxylation is 1. The van der Waals surface area contributed by atoms with Gasteiger partial charge in [0.05, 0.1) is 11.5 Å². The zero-order valence-electron chi connectivity index (χ0n) is 13.0. The molecule has 0 aromatic heterocycles. The Hall–Kier alpha value is -2.09. The lowest BCUT2D eigenvalue weighted by molar-refractivity contribution is -0.134. The fourth-order valence-corrected chi connectivity index (χ4v) is 4.18. The highest BCUT2D eigenvalue weighted by Crippen LogP contribution is 2.20. The van der Waals surface area contributed by atoms with Crippen LogP contribution in [0.3, 0.4) is 0 Å². The van der Waals surface area contributed by atoms with Crippen molar-refractivity contribution in [2.24, 2.45) is 0 Å². The number of carbonyl (C=O) groups excluding carboxylic acids is 2. The van der Waals surface area contributed by atoms with Gasteiger partial charge in [0.1, 0.15) is 11.3 Å². The summed E-state index contributed by atoms with van der Waals surface area (Å²) in [7, 11) is -1.60. The highest BCUT2D eigenvalue weighted by atomic mass is 32.2. The summed E-state index contributed by atoms with van der Waals surface area (Å²) in [4.78, 5) is 25.2. The summed E-state index contributed by atoms with van der Waals surface area (Å²) in [6.07, 6.45) is 0.386. The summed E-state index contributed by atoms with van der Waals surface area (Å²) in [6.45, 7) is 1.27. The Morgan fingerprint density at radius 3 is 2.65 bits per heavy atom. The molecule has 7 nitrogen and oxygen atoms in total. The minimum atomic E-state index is -3.09. The number of benzene rings is 1. The molecule has 23 heavy (non-hydrogen) atoms. The minimum absolute atomic E-state index is 0.0190. The Morgan fingerprint density at radius 2 is 2.09 bits per heavy atom. The number of hydrogen-bond acceptors (Lipinski definition) is 6. The summed E-state index contributed by atoms with van der Waals surface area (Å²) in [5, 5.41) is 9.70. The molecule has 0 spiro atoms. The molecule has 1 fully saturated rings. The molecule has 1 unspecified atom stereocenters. The van der Waals surface area contributed by atoms with Gasteiger partial charge in [-0.05, 0) is 31.0 Å². The van der Waals surface area contributed by atoms with E-state index in [9.17, 15) is 23.1 Å². The molecule has 0 saturated carbocycles. The standard InChI is InChI=1S/C15H19NO6S/c1-10-3-4-12(13(17)7-10)15(19)22-8-14(18)16(2)11-5-6-23(20,21)9-11/h3-4,7,11,17H,5-6,8-9H2,1-2H3. The van der Waals surface area contributed by atoms with Gasteiger partial charge in [-0.3, -0.25) is 4.79 Å². The van der Waals surface area contributed by atoms with Crippen molar-refractivity contribution < 1.29 is 27.9 Å². The average molecular weight is 341 g/mol. The number of aromatic hydroxyl groups is 1. The van der Waals surface area contributed by atoms with Crippen LogP contribution in [0.15, 0.2) is 18.2 Å². The largest absolute Gasteiger partial charge is 0.507 e. The number of phenols is 1. The quantitative estimate of drug-likeness (QED) is 0.801. The van der Waals surface area contributed by atoms with Crippen LogP contribution in [0.5, 0.6) is 5.75 Å². The number of amides is 1. The second-order valence-corrected chi connectivity index (χ2v) is 7.89. The Morgan fingerprint density at radius 1 is 1.39 bits per heavy atom. The van der Waals surface area contributed by atoms with E-state index in [1.165, 1.54) is 24.1 Å². The third kappa shape index (κ3) is 4.22. The van der Waals surface area contributed by atoms with E-state index in [2.05, 4.69) is 0 Å². The maximum absolute atomic E-state index is 12.0. The molecule has 1 atom stereocenters. The van der Waals surface area contributed by atoms with E-state index in [-0.39, 0.29) is 28.9 Å². The first-order valence-corrected chi connectivity index (χ1v) is 8.94. The van der Waals surface area contributed by atoms with Gasteiger partial charge in [-0.2, -0.15) is 0 Å². The van der Waals surface area contributed by atoms with E-state index in [1.807, 2.05) is 0 Å². The van der Waals surface area contributed by atoms with E-state index >= 15 is 0 Å². The van der Waals surface area contributed by atoms with E-state index in [0.717, 1.165) is 5.56 Å². The fraction of sp³-hybridized carbons (Fsp3) is 0.467. The smallest absolute Gasteiger partial charge is 0.342 e. The van der Waals surface area contributed by atoms with Crippen LogP contribution < -0.4 is 0 Å². The minimum Gasteiger partial charge on any atom is -0.507 e. The van der Waals surface area contributed by atoms with E-state index in [4.69, 9.17) is 4.74 Å². The lowest BCUT2D eigenvalue weighted by Gasteiger charge is -2.23. The van der Waals surface area contributed by atoms with Crippen LogP contribution in [-0.4, -0.2) is 61.5 Å². The van der Waals surface area contributed by atoms with Gasteiger partial charge in [-0.1, -0.05) is 6.07 Å². The first-order valence-electron chi connectivity index (χ1n) is 7.12. The second-order valence-electron chi connectivity index (χ2n) is 5.66. The number of hydrogen-bond donors (Lipinski definition) is 1. The first-order chi connectivity index (χ1) is 10.7. The van der Waals surface area contributed by atoms with E-state index < -0.39 is 28.3 Å². The predicted molar refractivity (Wildman–Crippen MR) is 83.0 cm³/mol. The molecule has 1 aromatic carbocycles. The molecule has 0 aliphatic carbocycles. The second kappa shape index (κ2) is 6.57. The maximum Gasteiger partial charge on any atom is 0.342 e. The van der Waals surface area contributed by atoms with Crippen molar-refractivity contribution in [2.45, 2.75) is 19.4 Å². The number of nitrogens with zero attached hydrogens (tertiary/aromatic N) is 1. The molecule has 126 valence electrons. The number of carbonyl (C=O) groups is 2. The number of esters is 1. The first kappa shape index (κ1) is 17.3. The molecule has 1 amide bonds. The molecule has 1 N–H and O–H groups in total. The number of ether oxygens (including phenoxy) is 1. The zero-order chi connectivity index (χ0) is 17.2. The van der Waals surface area contributed by atoms with Gasteiger partial charge in [0.2, 0.25) is 0 Å². The lowest BCUT2D eigenvalue weighted by Crippen LogP contribution is -2.40. The fourth-order valence-electron chi connectivity index (χ4n) is 2.41. The zero-order valence-corrected chi connectivity index (χ0v) is 13.8. The summed E-state index contributed by atoms with van der Waals surface area (Å²) >= 11 is 0. The molecule has 1 saturated heterocycles. The van der Waals surface area contributed by atoms with Crippen LogP contribution in [0.4, 0.5) is 0 Å². The summed E-state index contributed by atoms with van der Waals surface area (Å²) in [5.41, 5.74) is 0.770. The third-order valence-electron chi connectivity index (χ3n) is 3.85. The SMILES string of the molecule is Cc1ccc(C(=O)OCC(=O)N(C)C2CCS(=O)(=O)C2)c(O)c1. The predicted octanol–water partition coefficient (Wildman–Crippen LogP) is 0.503. The number of phenolic OH excluding ortho intramolecular Hbond substituents is 1. The molecular weight excluding hydrogens is 322 g/mol. The Balaban J connectivity index is 1.92. The Kier molecular flexibility index (Phi) is 4.93. The average Bonchev–Trinajstić information content (AvgIpc) is 2.83. The molecule has 0 bridgehead atoms. The van der Waals surface area contributed by atoms with Gasteiger partial charge in [0.15, 0.2) is 16.4 Å². The van der Waals surface area contributed by atoms with Crippen molar-refractivity contribution >= 4 is 21.7 Å². The monoisotopic (exact) mass is 341 g/mol. The van der Waals surface area contributed by atoms with Crippen LogP contribution in [0, 0.1) is 6.92 Å². The third-order valence-corrected chi connectivity index (χ3v) is 5.60. The van der Waals surface area contributed by atoms with Crippen molar-refractivity contribution in [3.8, 4) is 5.75 Å². The van der Waals surface area contributed by atoms with Crippen molar-refractivity contribution in [1.29, 1.82) is 0 Å². The summed E-state index contributed by atoms with van der Waals surface area (Å²) < 4.78 is 27.8. The summed E-state index contributed by atoms with van der Waals surface area (Å²) in [5.74, 6) is -1.50. The molecule has 0 radical (unpaired) electrons. The molecule has 8 heteroatoms. The van der Waals surface area contributed by atoms with E-state index in [0.29, 0.717) is 6.42 Å². The van der Waals surface area contributed by atoms with Gasteiger partial charge >= 0.3 is 5.97 Å². The maximum atomic E-state index is 12.0. The van der Waals surface area contributed by atoms with Crippen LogP contribution in [0.1, 0.15) is 22.3 Å². The number of likely N-dealkylation sites (N-methyl/N-ethyl adjacent to an activating group) is 1. The lowest BCUT2D eigenvalue weighted by atomic mass is 10.1. The van der Waals surface area contributed by atoms with Gasteiger partial charge in [0, 0.05) is 13.1 Å². The highest BCUT2D eigenvalue weighted by molar-refractivity contribution is 7.91. The topological polar surface area (TPSA) is 101 Å². The normalized spacial score (nSPS) is 19.3. The van der Waals surface area contributed by atoms with Gasteiger partial charge < -0.3 is 14.7 Å². The van der Waals surface area contributed by atoms with Crippen molar-refractivity contribution in [2.75, 3.05) is 25.2 Å².